The van der Waals surface area contributed by atoms with Gasteiger partial charge in [-0.3, -0.25) is 9.89 Å². The molecule has 1 spiro atoms. The fraction of sp³-hybridized carbons (Fsp3) is 0.545. The molecule has 8 heteroatoms. The maximum atomic E-state index is 12.8. The molecule has 1 saturated heterocycles. The van der Waals surface area contributed by atoms with Gasteiger partial charge in [0, 0.05) is 24.4 Å². The number of fused-ring (bicyclic) bond motifs is 1. The number of nitrogens with one attached hydrogen (secondary N) is 2. The summed E-state index contributed by atoms with van der Waals surface area (Å²) in [5, 5.41) is 19.9. The van der Waals surface area contributed by atoms with Gasteiger partial charge in [0.05, 0.1) is 11.7 Å². The Hall–Kier alpha value is -2.90. The van der Waals surface area contributed by atoms with Crippen LogP contribution < -0.4 is 5.32 Å². The Morgan fingerprint density at radius 3 is 2.87 bits per heavy atom. The summed E-state index contributed by atoms with van der Waals surface area (Å²) in [5.41, 5.74) is 2.89. The van der Waals surface area contributed by atoms with Crippen molar-refractivity contribution in [1.29, 1.82) is 0 Å². The van der Waals surface area contributed by atoms with E-state index in [2.05, 4.69) is 43.9 Å². The zero-order valence-electron chi connectivity index (χ0n) is 17.1. The highest BCUT2D eigenvalue weighted by atomic mass is 16.4. The molecule has 3 heterocycles. The number of amides is 1. The molecular formula is C22H26N6O2. The van der Waals surface area contributed by atoms with Crippen LogP contribution in [0.3, 0.4) is 0 Å². The van der Waals surface area contributed by atoms with Crippen molar-refractivity contribution in [3.05, 3.63) is 35.9 Å². The number of carbonyl (C=O) groups excluding carboxylic acids is 1. The van der Waals surface area contributed by atoms with Crippen LogP contribution >= 0.6 is 0 Å². The van der Waals surface area contributed by atoms with Crippen molar-refractivity contribution >= 4 is 22.8 Å². The van der Waals surface area contributed by atoms with Gasteiger partial charge in [0.2, 0.25) is 11.8 Å². The summed E-state index contributed by atoms with van der Waals surface area (Å²) in [5.74, 6) is 1.31. The molecule has 8 nitrogen and oxygen atoms in total. The number of carbonyl (C=O) groups is 1. The quantitative estimate of drug-likeness (QED) is 0.673. The van der Waals surface area contributed by atoms with Crippen LogP contribution in [0.15, 0.2) is 28.8 Å². The molecule has 1 amide bonds. The van der Waals surface area contributed by atoms with Crippen LogP contribution in [0.1, 0.15) is 62.3 Å². The fourth-order valence-electron chi connectivity index (χ4n) is 4.95. The van der Waals surface area contributed by atoms with Gasteiger partial charge in [0.25, 0.3) is 0 Å². The Morgan fingerprint density at radius 2 is 2.07 bits per heavy atom. The third kappa shape index (κ3) is 3.05. The average molecular weight is 406 g/mol. The standard InChI is InChI=1S/C22H26N6O2/c1-13(20(29)28-9-7-22(5-6-22)8-10-28)24-21-27-26-19(30-21)17-11-16(17)15-4-2-3-14-12-23-25-18(14)15/h2-4,12-13,16-17H,5-11H2,1H3,(H,23,25)(H,24,27)/t13-,16+,17+/m0/s1. The average Bonchev–Trinajstić information content (AvgIpc) is 3.60. The number of likely N-dealkylation sites (tertiary alicyclic amines) is 1. The number of benzene rings is 1. The van der Waals surface area contributed by atoms with E-state index in [9.17, 15) is 4.79 Å². The molecule has 3 aliphatic rings. The fourth-order valence-corrected chi connectivity index (χ4v) is 4.95. The van der Waals surface area contributed by atoms with Crippen LogP contribution in [0.4, 0.5) is 6.01 Å². The molecule has 3 aromatic rings. The number of H-pyrrole nitrogens is 1. The zero-order chi connectivity index (χ0) is 20.3. The van der Waals surface area contributed by atoms with E-state index in [-0.39, 0.29) is 17.9 Å². The Morgan fingerprint density at radius 1 is 1.23 bits per heavy atom. The van der Waals surface area contributed by atoms with Crippen LogP contribution in [-0.2, 0) is 4.79 Å². The minimum atomic E-state index is -0.375. The number of anilines is 1. The molecule has 6 rings (SSSR count). The zero-order valence-corrected chi connectivity index (χ0v) is 17.1. The van der Waals surface area contributed by atoms with E-state index < -0.39 is 0 Å². The topological polar surface area (TPSA) is 99.9 Å². The summed E-state index contributed by atoms with van der Waals surface area (Å²) in [6.45, 7) is 3.60. The molecule has 3 atom stereocenters. The Kier molecular flexibility index (Phi) is 3.91. The molecule has 1 aromatic carbocycles. The summed E-state index contributed by atoms with van der Waals surface area (Å²) >= 11 is 0. The molecule has 1 aliphatic heterocycles. The highest BCUT2D eigenvalue weighted by Gasteiger charge is 2.46. The summed E-state index contributed by atoms with van der Waals surface area (Å²) in [6, 6.07) is 6.19. The van der Waals surface area contributed by atoms with Crippen molar-refractivity contribution in [3.8, 4) is 0 Å². The van der Waals surface area contributed by atoms with Crippen molar-refractivity contribution in [2.45, 2.75) is 56.9 Å². The maximum Gasteiger partial charge on any atom is 0.316 e. The summed E-state index contributed by atoms with van der Waals surface area (Å²) in [7, 11) is 0. The highest BCUT2D eigenvalue weighted by molar-refractivity contribution is 5.84. The van der Waals surface area contributed by atoms with Crippen LogP contribution in [-0.4, -0.2) is 50.3 Å². The molecule has 0 radical (unpaired) electrons. The number of piperidine rings is 1. The number of hydrogen-bond acceptors (Lipinski definition) is 6. The van der Waals surface area contributed by atoms with Gasteiger partial charge in [-0.2, -0.15) is 5.10 Å². The van der Waals surface area contributed by atoms with Crippen molar-refractivity contribution in [3.63, 3.8) is 0 Å². The smallest absolute Gasteiger partial charge is 0.316 e. The molecule has 2 saturated carbocycles. The predicted molar refractivity (Wildman–Crippen MR) is 111 cm³/mol. The maximum absolute atomic E-state index is 12.8. The second kappa shape index (κ2) is 6.55. The van der Waals surface area contributed by atoms with Gasteiger partial charge in [-0.25, -0.2) is 0 Å². The van der Waals surface area contributed by atoms with E-state index >= 15 is 0 Å². The van der Waals surface area contributed by atoms with Gasteiger partial charge in [0.1, 0.15) is 6.04 Å². The van der Waals surface area contributed by atoms with E-state index in [0.29, 0.717) is 23.2 Å². The molecule has 2 aliphatic carbocycles. The van der Waals surface area contributed by atoms with Gasteiger partial charge < -0.3 is 14.6 Å². The van der Waals surface area contributed by atoms with Gasteiger partial charge in [-0.1, -0.05) is 23.3 Å². The molecule has 30 heavy (non-hydrogen) atoms. The first-order valence-corrected chi connectivity index (χ1v) is 10.9. The molecule has 156 valence electrons. The van der Waals surface area contributed by atoms with Crippen molar-refractivity contribution in [2.75, 3.05) is 18.4 Å². The lowest BCUT2D eigenvalue weighted by molar-refractivity contribution is -0.133. The minimum absolute atomic E-state index is 0.112. The van der Waals surface area contributed by atoms with Gasteiger partial charge >= 0.3 is 6.01 Å². The van der Waals surface area contributed by atoms with Gasteiger partial charge in [-0.15, -0.1) is 5.10 Å². The van der Waals surface area contributed by atoms with Crippen LogP contribution in [0, 0.1) is 5.41 Å². The first-order valence-electron chi connectivity index (χ1n) is 10.9. The summed E-state index contributed by atoms with van der Waals surface area (Å²) in [4.78, 5) is 14.8. The number of aromatic nitrogens is 4. The third-order valence-corrected chi connectivity index (χ3v) is 7.26. The first-order chi connectivity index (χ1) is 14.6. The molecule has 2 aromatic heterocycles. The molecule has 0 unspecified atom stereocenters. The molecule has 3 fully saturated rings. The first kappa shape index (κ1) is 17.9. The number of hydrogen-bond donors (Lipinski definition) is 2. The molecule has 0 bridgehead atoms. The number of nitrogens with zero attached hydrogens (tertiary/aromatic N) is 4. The Bertz CT molecular complexity index is 1090. The van der Waals surface area contributed by atoms with Crippen LogP contribution in [0.2, 0.25) is 0 Å². The van der Waals surface area contributed by atoms with Gasteiger partial charge in [0.15, 0.2) is 0 Å². The van der Waals surface area contributed by atoms with E-state index in [1.54, 1.807) is 0 Å². The number of rotatable bonds is 5. The van der Waals surface area contributed by atoms with Crippen molar-refractivity contribution in [2.24, 2.45) is 5.41 Å². The summed E-state index contributed by atoms with van der Waals surface area (Å²) < 4.78 is 5.87. The molecular weight excluding hydrogens is 380 g/mol. The van der Waals surface area contributed by atoms with Crippen LogP contribution in [0.5, 0.6) is 0 Å². The van der Waals surface area contributed by atoms with E-state index in [0.717, 1.165) is 43.3 Å². The van der Waals surface area contributed by atoms with E-state index in [1.165, 1.54) is 18.4 Å². The second-order valence-electron chi connectivity index (χ2n) is 9.27. The van der Waals surface area contributed by atoms with Gasteiger partial charge in [-0.05, 0) is 55.9 Å². The highest BCUT2D eigenvalue weighted by Crippen LogP contribution is 2.55. The lowest BCUT2D eigenvalue weighted by atomic mass is 9.93. The molecule has 2 N–H and O–H groups in total. The van der Waals surface area contributed by atoms with E-state index in [4.69, 9.17) is 4.42 Å². The van der Waals surface area contributed by atoms with Crippen molar-refractivity contribution < 1.29 is 9.21 Å². The number of aromatic amines is 1. The van der Waals surface area contributed by atoms with Crippen LogP contribution in [0.25, 0.3) is 10.9 Å². The lowest BCUT2D eigenvalue weighted by Gasteiger charge is -2.33. The lowest BCUT2D eigenvalue weighted by Crippen LogP contribution is -2.45. The number of para-hydroxylation sites is 1. The predicted octanol–water partition coefficient (Wildman–Crippen LogP) is 3.42. The van der Waals surface area contributed by atoms with Crippen molar-refractivity contribution in [1.82, 2.24) is 25.3 Å². The Labute approximate surface area is 174 Å². The Balaban J connectivity index is 1.09. The monoisotopic (exact) mass is 406 g/mol. The van der Waals surface area contributed by atoms with E-state index in [1.807, 2.05) is 18.0 Å². The normalized spacial score (nSPS) is 25.4. The second-order valence-corrected chi connectivity index (χ2v) is 9.27. The minimum Gasteiger partial charge on any atom is -0.408 e. The summed E-state index contributed by atoms with van der Waals surface area (Å²) in [6.07, 6.45) is 7.78. The SMILES string of the molecule is C[C@H](Nc1nnc([C@@H]2C[C@@H]2c2cccc3cn[nH]c23)o1)C(=O)N1CCC2(CC1)CC2. The largest absolute Gasteiger partial charge is 0.408 e. The third-order valence-electron chi connectivity index (χ3n) is 7.26.